The van der Waals surface area contributed by atoms with Crippen LogP contribution in [0.4, 0.5) is 21.5 Å². The van der Waals surface area contributed by atoms with Crippen molar-refractivity contribution in [3.8, 4) is 0 Å². The van der Waals surface area contributed by atoms with Gasteiger partial charge in [0.2, 0.25) is 0 Å². The Morgan fingerprint density at radius 2 is 1.72 bits per heavy atom. The first kappa shape index (κ1) is 13.0. The van der Waals surface area contributed by atoms with E-state index in [2.05, 4.69) is 5.32 Å². The summed E-state index contributed by atoms with van der Waals surface area (Å²) in [6.07, 6.45) is 0. The molecule has 0 bridgehead atoms. The van der Waals surface area contributed by atoms with Gasteiger partial charge in [0.05, 0.1) is 27.1 Å². The highest BCUT2D eigenvalue weighted by Crippen LogP contribution is 2.33. The van der Waals surface area contributed by atoms with Gasteiger partial charge in [0.15, 0.2) is 0 Å². The molecule has 0 saturated heterocycles. The standard InChI is InChI=1S/C13H11Cl2FN2/c1-7-2-3-10(16)12(4-7)18-13-6-9(15)8(14)5-11(13)17/h2-6,18H,17H2,1H3. The molecule has 2 rings (SSSR count). The highest BCUT2D eigenvalue weighted by Gasteiger charge is 2.08. The average Bonchev–Trinajstić information content (AvgIpc) is 2.30. The maximum Gasteiger partial charge on any atom is 0.146 e. The van der Waals surface area contributed by atoms with Crippen molar-refractivity contribution in [3.05, 3.63) is 51.8 Å². The van der Waals surface area contributed by atoms with Gasteiger partial charge in [0, 0.05) is 0 Å². The number of nitrogens with two attached hydrogens (primary N) is 1. The number of nitrogens with one attached hydrogen (secondary N) is 1. The Morgan fingerprint density at radius 3 is 2.44 bits per heavy atom. The van der Waals surface area contributed by atoms with Gasteiger partial charge in [-0.3, -0.25) is 0 Å². The van der Waals surface area contributed by atoms with Crippen LogP contribution in [-0.2, 0) is 0 Å². The molecule has 0 aliphatic carbocycles. The van der Waals surface area contributed by atoms with Crippen LogP contribution in [0.1, 0.15) is 5.56 Å². The Kier molecular flexibility index (Phi) is 3.64. The number of aryl methyl sites for hydroxylation is 1. The molecule has 18 heavy (non-hydrogen) atoms. The van der Waals surface area contributed by atoms with Crippen LogP contribution >= 0.6 is 23.2 Å². The summed E-state index contributed by atoms with van der Waals surface area (Å²) in [6, 6.07) is 7.88. The van der Waals surface area contributed by atoms with E-state index in [0.29, 0.717) is 27.1 Å². The first-order valence-electron chi connectivity index (χ1n) is 5.25. The van der Waals surface area contributed by atoms with Gasteiger partial charge in [0.25, 0.3) is 0 Å². The van der Waals surface area contributed by atoms with E-state index in [1.165, 1.54) is 12.1 Å². The van der Waals surface area contributed by atoms with Crippen molar-refractivity contribution >= 4 is 40.3 Å². The molecule has 5 heteroatoms. The molecule has 0 unspecified atom stereocenters. The number of hydrogen-bond donors (Lipinski definition) is 2. The third-order valence-corrected chi connectivity index (χ3v) is 3.21. The summed E-state index contributed by atoms with van der Waals surface area (Å²) in [5, 5.41) is 3.63. The van der Waals surface area contributed by atoms with Crippen LogP contribution in [0.3, 0.4) is 0 Å². The largest absolute Gasteiger partial charge is 0.397 e. The molecule has 2 aromatic carbocycles. The molecular formula is C13H11Cl2FN2. The molecule has 0 fully saturated rings. The lowest BCUT2D eigenvalue weighted by molar-refractivity contribution is 0.631. The molecule has 3 N–H and O–H groups in total. The highest BCUT2D eigenvalue weighted by molar-refractivity contribution is 6.42. The number of rotatable bonds is 2. The van der Waals surface area contributed by atoms with Crippen molar-refractivity contribution in [2.24, 2.45) is 0 Å². The highest BCUT2D eigenvalue weighted by atomic mass is 35.5. The first-order valence-corrected chi connectivity index (χ1v) is 6.00. The van der Waals surface area contributed by atoms with Crippen LogP contribution in [-0.4, -0.2) is 0 Å². The minimum Gasteiger partial charge on any atom is -0.397 e. The van der Waals surface area contributed by atoms with Crippen molar-refractivity contribution in [3.63, 3.8) is 0 Å². The third-order valence-electron chi connectivity index (χ3n) is 2.48. The molecule has 0 amide bonds. The molecule has 0 heterocycles. The van der Waals surface area contributed by atoms with E-state index in [4.69, 9.17) is 28.9 Å². The zero-order valence-corrected chi connectivity index (χ0v) is 11.1. The Labute approximate surface area is 115 Å². The Balaban J connectivity index is 2.40. The van der Waals surface area contributed by atoms with E-state index >= 15 is 0 Å². The monoisotopic (exact) mass is 284 g/mol. The summed E-state index contributed by atoms with van der Waals surface area (Å²) < 4.78 is 13.6. The molecule has 0 atom stereocenters. The lowest BCUT2D eigenvalue weighted by atomic mass is 10.2. The first-order chi connectivity index (χ1) is 8.47. The predicted octanol–water partition coefficient (Wildman–Crippen LogP) is 4.77. The molecule has 0 spiro atoms. The molecule has 0 saturated carbocycles. The van der Waals surface area contributed by atoms with Crippen LogP contribution < -0.4 is 11.1 Å². The van der Waals surface area contributed by atoms with E-state index in [9.17, 15) is 4.39 Å². The lowest BCUT2D eigenvalue weighted by Gasteiger charge is -2.12. The Bertz CT molecular complexity index is 600. The molecule has 0 aliphatic rings. The fraction of sp³-hybridized carbons (Fsp3) is 0.0769. The van der Waals surface area contributed by atoms with Crippen LogP contribution in [0.2, 0.25) is 10.0 Å². The topological polar surface area (TPSA) is 38.0 Å². The van der Waals surface area contributed by atoms with Crippen molar-refractivity contribution < 1.29 is 4.39 Å². The van der Waals surface area contributed by atoms with Crippen molar-refractivity contribution in [1.82, 2.24) is 0 Å². The maximum absolute atomic E-state index is 13.6. The molecule has 0 aliphatic heterocycles. The van der Waals surface area contributed by atoms with Gasteiger partial charge in [-0.2, -0.15) is 0 Å². The van der Waals surface area contributed by atoms with Crippen LogP contribution in [0.25, 0.3) is 0 Å². The van der Waals surface area contributed by atoms with E-state index < -0.39 is 0 Å². The van der Waals surface area contributed by atoms with Gasteiger partial charge in [-0.05, 0) is 36.8 Å². The zero-order chi connectivity index (χ0) is 13.3. The van der Waals surface area contributed by atoms with Crippen LogP contribution in [0.15, 0.2) is 30.3 Å². The van der Waals surface area contributed by atoms with Gasteiger partial charge in [-0.1, -0.05) is 29.3 Å². The van der Waals surface area contributed by atoms with Gasteiger partial charge >= 0.3 is 0 Å². The maximum atomic E-state index is 13.6. The summed E-state index contributed by atoms with van der Waals surface area (Å²) in [4.78, 5) is 0. The minimum absolute atomic E-state index is 0.347. The Hall–Kier alpha value is -1.45. The second kappa shape index (κ2) is 5.04. The number of hydrogen-bond acceptors (Lipinski definition) is 2. The number of anilines is 3. The molecule has 2 aromatic rings. The summed E-state index contributed by atoms with van der Waals surface area (Å²) >= 11 is 11.7. The number of benzene rings is 2. The van der Waals surface area contributed by atoms with Gasteiger partial charge in [-0.15, -0.1) is 0 Å². The van der Waals surface area contributed by atoms with Crippen molar-refractivity contribution in [2.45, 2.75) is 6.92 Å². The quantitative estimate of drug-likeness (QED) is 0.780. The fourth-order valence-corrected chi connectivity index (χ4v) is 1.89. The van der Waals surface area contributed by atoms with Gasteiger partial charge in [0.1, 0.15) is 5.82 Å². The second-order valence-electron chi connectivity index (χ2n) is 3.96. The summed E-state index contributed by atoms with van der Waals surface area (Å²) in [6.45, 7) is 1.88. The fourth-order valence-electron chi connectivity index (χ4n) is 1.55. The minimum atomic E-state index is -0.355. The smallest absolute Gasteiger partial charge is 0.146 e. The number of nitrogen functional groups attached to an aromatic ring is 1. The van der Waals surface area contributed by atoms with E-state index in [0.717, 1.165) is 5.56 Å². The Morgan fingerprint density at radius 1 is 1.06 bits per heavy atom. The zero-order valence-electron chi connectivity index (χ0n) is 9.60. The SMILES string of the molecule is Cc1ccc(F)c(Nc2cc(Cl)c(Cl)cc2N)c1. The van der Waals surface area contributed by atoms with Gasteiger partial charge in [-0.25, -0.2) is 4.39 Å². The molecule has 0 radical (unpaired) electrons. The van der Waals surface area contributed by atoms with Crippen molar-refractivity contribution in [1.29, 1.82) is 0 Å². The van der Waals surface area contributed by atoms with E-state index in [-0.39, 0.29) is 5.82 Å². The molecule has 2 nitrogen and oxygen atoms in total. The molecular weight excluding hydrogens is 274 g/mol. The lowest BCUT2D eigenvalue weighted by Crippen LogP contribution is -1.99. The predicted molar refractivity (Wildman–Crippen MR) is 75.3 cm³/mol. The average molecular weight is 285 g/mol. The van der Waals surface area contributed by atoms with Gasteiger partial charge < -0.3 is 11.1 Å². The normalized spacial score (nSPS) is 10.4. The summed E-state index contributed by atoms with van der Waals surface area (Å²) in [7, 11) is 0. The second-order valence-corrected chi connectivity index (χ2v) is 4.78. The van der Waals surface area contributed by atoms with Crippen LogP contribution in [0.5, 0.6) is 0 Å². The summed E-state index contributed by atoms with van der Waals surface area (Å²) in [5.41, 5.74) is 8.02. The van der Waals surface area contributed by atoms with Crippen molar-refractivity contribution in [2.75, 3.05) is 11.1 Å². The van der Waals surface area contributed by atoms with E-state index in [1.54, 1.807) is 18.2 Å². The molecule has 94 valence electrons. The summed E-state index contributed by atoms with van der Waals surface area (Å²) in [5.74, 6) is -0.355. The molecule has 0 aromatic heterocycles. The van der Waals surface area contributed by atoms with Crippen LogP contribution in [0, 0.1) is 12.7 Å². The third kappa shape index (κ3) is 2.68. The number of halogens is 3. The van der Waals surface area contributed by atoms with E-state index in [1.807, 2.05) is 6.92 Å².